The van der Waals surface area contributed by atoms with Gasteiger partial charge < -0.3 is 29.9 Å². The zero-order valence-corrected chi connectivity index (χ0v) is 13.9. The van der Waals surface area contributed by atoms with Crippen LogP contribution < -0.4 is 14.8 Å². The first-order valence-electron chi connectivity index (χ1n) is 7.58. The van der Waals surface area contributed by atoms with Gasteiger partial charge in [0.25, 0.3) is 0 Å². The molecule has 24 heavy (non-hydrogen) atoms. The maximum absolute atomic E-state index is 12.2. The first-order valence-corrected chi connectivity index (χ1v) is 7.58. The van der Waals surface area contributed by atoms with Gasteiger partial charge in [0.15, 0.2) is 0 Å². The highest BCUT2D eigenvalue weighted by atomic mass is 16.5. The molecule has 0 aliphatic rings. The molecule has 0 aromatic heterocycles. The van der Waals surface area contributed by atoms with Crippen molar-refractivity contribution in [3.8, 4) is 11.5 Å². The van der Waals surface area contributed by atoms with Crippen molar-refractivity contribution in [2.75, 3.05) is 33.9 Å². The molecular formula is C16H24N2O6. The van der Waals surface area contributed by atoms with E-state index in [0.717, 1.165) is 5.56 Å². The summed E-state index contributed by atoms with van der Waals surface area (Å²) in [6.07, 6.45) is 0.334. The summed E-state index contributed by atoms with van der Waals surface area (Å²) in [4.78, 5) is 24.1. The van der Waals surface area contributed by atoms with Crippen LogP contribution in [0, 0.1) is 0 Å². The fourth-order valence-corrected chi connectivity index (χ4v) is 2.13. The van der Waals surface area contributed by atoms with E-state index in [9.17, 15) is 14.7 Å². The van der Waals surface area contributed by atoms with E-state index in [1.165, 1.54) is 12.0 Å². The summed E-state index contributed by atoms with van der Waals surface area (Å²) in [6, 6.07) is 4.89. The van der Waals surface area contributed by atoms with E-state index in [1.54, 1.807) is 25.3 Å². The Morgan fingerprint density at radius 3 is 2.58 bits per heavy atom. The van der Waals surface area contributed by atoms with Crippen LogP contribution in [0.2, 0.25) is 0 Å². The zero-order valence-electron chi connectivity index (χ0n) is 13.9. The van der Waals surface area contributed by atoms with Crippen LogP contribution in [0.4, 0.5) is 4.79 Å². The molecule has 8 heteroatoms. The topological polar surface area (TPSA) is 108 Å². The smallest absolute Gasteiger partial charge is 0.317 e. The number of urea groups is 1. The van der Waals surface area contributed by atoms with Crippen LogP contribution in [0.1, 0.15) is 18.4 Å². The van der Waals surface area contributed by atoms with E-state index in [1.807, 2.05) is 0 Å². The number of carboxylic acids is 1. The first kappa shape index (κ1) is 19.6. The Morgan fingerprint density at radius 1 is 1.25 bits per heavy atom. The van der Waals surface area contributed by atoms with Crippen molar-refractivity contribution >= 4 is 12.0 Å². The number of aliphatic hydroxyl groups is 1. The molecule has 0 saturated heterocycles. The van der Waals surface area contributed by atoms with E-state index < -0.39 is 5.97 Å². The molecule has 0 spiro atoms. The molecule has 8 nitrogen and oxygen atoms in total. The average molecular weight is 340 g/mol. The number of nitrogens with one attached hydrogen (secondary N) is 1. The molecule has 0 aliphatic heterocycles. The Kier molecular flexibility index (Phi) is 8.42. The molecule has 0 atom stereocenters. The molecular weight excluding hydrogens is 316 g/mol. The minimum Gasteiger partial charge on any atom is -0.497 e. The number of amides is 2. The molecule has 1 aromatic carbocycles. The van der Waals surface area contributed by atoms with E-state index >= 15 is 0 Å². The van der Waals surface area contributed by atoms with Crippen molar-refractivity contribution in [1.82, 2.24) is 10.2 Å². The monoisotopic (exact) mass is 340 g/mol. The van der Waals surface area contributed by atoms with E-state index in [2.05, 4.69) is 5.32 Å². The minimum atomic E-state index is -0.905. The molecule has 1 aromatic rings. The fourth-order valence-electron chi connectivity index (χ4n) is 2.13. The SMILES string of the molecule is COc1ccc(OC)c(CN(CCO)C(=O)NCCCC(=O)O)c1. The predicted molar refractivity (Wildman–Crippen MR) is 87.3 cm³/mol. The third-order valence-electron chi connectivity index (χ3n) is 3.35. The Balaban J connectivity index is 2.74. The molecule has 0 aliphatic carbocycles. The lowest BCUT2D eigenvalue weighted by molar-refractivity contribution is -0.137. The van der Waals surface area contributed by atoms with Crippen molar-refractivity contribution in [2.24, 2.45) is 0 Å². The highest BCUT2D eigenvalue weighted by Gasteiger charge is 2.16. The number of ether oxygens (including phenoxy) is 2. The third-order valence-corrected chi connectivity index (χ3v) is 3.35. The van der Waals surface area contributed by atoms with Crippen LogP contribution in [0.5, 0.6) is 11.5 Å². The highest BCUT2D eigenvalue weighted by molar-refractivity contribution is 5.74. The van der Waals surface area contributed by atoms with Crippen molar-refractivity contribution < 1.29 is 29.3 Å². The number of carbonyl (C=O) groups excluding carboxylic acids is 1. The summed E-state index contributed by atoms with van der Waals surface area (Å²) in [7, 11) is 3.08. The van der Waals surface area contributed by atoms with Crippen LogP contribution in [-0.2, 0) is 11.3 Å². The maximum Gasteiger partial charge on any atom is 0.317 e. The van der Waals surface area contributed by atoms with Gasteiger partial charge in [-0.1, -0.05) is 0 Å². The molecule has 134 valence electrons. The molecule has 0 unspecified atom stereocenters. The molecule has 3 N–H and O–H groups in total. The van der Waals surface area contributed by atoms with Gasteiger partial charge in [-0.15, -0.1) is 0 Å². The van der Waals surface area contributed by atoms with Crippen LogP contribution in [0.15, 0.2) is 18.2 Å². The largest absolute Gasteiger partial charge is 0.497 e. The first-order chi connectivity index (χ1) is 11.5. The molecule has 0 saturated carbocycles. The molecule has 1 rings (SSSR count). The van der Waals surface area contributed by atoms with Gasteiger partial charge in [0.2, 0.25) is 0 Å². The van der Waals surface area contributed by atoms with E-state index in [-0.39, 0.29) is 38.7 Å². The van der Waals surface area contributed by atoms with Crippen molar-refractivity contribution in [2.45, 2.75) is 19.4 Å². The summed E-state index contributed by atoms with van der Waals surface area (Å²) < 4.78 is 10.5. The Morgan fingerprint density at radius 2 is 2.00 bits per heavy atom. The normalized spacial score (nSPS) is 10.1. The molecule has 0 fully saturated rings. The lowest BCUT2D eigenvalue weighted by Gasteiger charge is -2.23. The van der Waals surface area contributed by atoms with Crippen LogP contribution in [0.3, 0.4) is 0 Å². The van der Waals surface area contributed by atoms with Gasteiger partial charge in [0, 0.05) is 25.1 Å². The highest BCUT2D eigenvalue weighted by Crippen LogP contribution is 2.25. The van der Waals surface area contributed by atoms with Gasteiger partial charge >= 0.3 is 12.0 Å². The van der Waals surface area contributed by atoms with Gasteiger partial charge in [-0.2, -0.15) is 0 Å². The Bertz CT molecular complexity index is 549. The Labute approximate surface area is 141 Å². The van der Waals surface area contributed by atoms with Crippen LogP contribution in [0.25, 0.3) is 0 Å². The number of benzene rings is 1. The summed E-state index contributed by atoms with van der Waals surface area (Å²) in [5.41, 5.74) is 0.742. The zero-order chi connectivity index (χ0) is 17.9. The minimum absolute atomic E-state index is 0.00993. The number of aliphatic carboxylic acids is 1. The number of hydrogen-bond acceptors (Lipinski definition) is 5. The number of nitrogens with zero attached hydrogens (tertiary/aromatic N) is 1. The summed E-state index contributed by atoms with van der Waals surface area (Å²) in [5, 5.41) is 20.4. The summed E-state index contributed by atoms with van der Waals surface area (Å²) in [6.45, 7) is 0.438. The van der Waals surface area contributed by atoms with Gasteiger partial charge in [0.1, 0.15) is 11.5 Å². The summed E-state index contributed by atoms with van der Waals surface area (Å²) >= 11 is 0. The van der Waals surface area contributed by atoms with Gasteiger partial charge in [-0.25, -0.2) is 4.79 Å². The standard InChI is InChI=1S/C16H24N2O6/c1-23-13-5-6-14(24-2)12(10-13)11-18(8-9-19)16(22)17-7-3-4-15(20)21/h5-6,10,19H,3-4,7-9,11H2,1-2H3,(H,17,22)(H,20,21). The maximum atomic E-state index is 12.2. The number of carboxylic acid groups (broad SMARTS) is 1. The Hall–Kier alpha value is -2.48. The predicted octanol–water partition coefficient (Wildman–Crippen LogP) is 1.07. The van der Waals surface area contributed by atoms with Gasteiger partial charge in [0.05, 0.1) is 27.4 Å². The number of carbonyl (C=O) groups is 2. The molecule has 0 heterocycles. The average Bonchev–Trinajstić information content (AvgIpc) is 2.57. The quantitative estimate of drug-likeness (QED) is 0.550. The van der Waals surface area contributed by atoms with E-state index in [0.29, 0.717) is 17.9 Å². The van der Waals surface area contributed by atoms with E-state index in [4.69, 9.17) is 14.6 Å². The number of rotatable bonds is 10. The second kappa shape index (κ2) is 10.3. The number of aliphatic hydroxyl groups excluding tert-OH is 1. The molecule has 0 bridgehead atoms. The van der Waals surface area contributed by atoms with Crippen LogP contribution in [-0.4, -0.2) is 61.0 Å². The molecule has 0 radical (unpaired) electrons. The lowest BCUT2D eigenvalue weighted by Crippen LogP contribution is -2.41. The van der Waals surface area contributed by atoms with Gasteiger partial charge in [-0.05, 0) is 24.6 Å². The van der Waals surface area contributed by atoms with Gasteiger partial charge in [-0.3, -0.25) is 4.79 Å². The van der Waals surface area contributed by atoms with Crippen molar-refractivity contribution in [3.63, 3.8) is 0 Å². The van der Waals surface area contributed by atoms with Crippen molar-refractivity contribution in [3.05, 3.63) is 23.8 Å². The lowest BCUT2D eigenvalue weighted by atomic mass is 10.1. The third kappa shape index (κ3) is 6.33. The summed E-state index contributed by atoms with van der Waals surface area (Å²) in [5.74, 6) is 0.339. The second-order valence-corrected chi connectivity index (χ2v) is 5.05. The second-order valence-electron chi connectivity index (χ2n) is 5.05. The molecule has 2 amide bonds. The fraction of sp³-hybridized carbons (Fsp3) is 0.500. The van der Waals surface area contributed by atoms with Crippen molar-refractivity contribution in [1.29, 1.82) is 0 Å². The number of hydrogen-bond donors (Lipinski definition) is 3. The number of methoxy groups -OCH3 is 2. The van der Waals surface area contributed by atoms with Crippen LogP contribution >= 0.6 is 0 Å².